The summed E-state index contributed by atoms with van der Waals surface area (Å²) in [6, 6.07) is 16.1. The molecule has 1 aliphatic heterocycles. The molecule has 0 saturated heterocycles. The Balaban J connectivity index is 1.60. The fourth-order valence-corrected chi connectivity index (χ4v) is 4.96. The molecule has 0 radical (unpaired) electrons. The van der Waals surface area contributed by atoms with Crippen molar-refractivity contribution in [1.82, 2.24) is 4.90 Å². The second-order valence-corrected chi connectivity index (χ2v) is 7.87. The monoisotopic (exact) mass is 323 g/mol. The van der Waals surface area contributed by atoms with Crippen LogP contribution in [0.4, 0.5) is 0 Å². The van der Waals surface area contributed by atoms with Gasteiger partial charge in [-0.05, 0) is 49.1 Å². The molecule has 0 spiro atoms. The predicted octanol–water partition coefficient (Wildman–Crippen LogP) is 5.44. The van der Waals surface area contributed by atoms with Gasteiger partial charge in [0.1, 0.15) is 0 Å². The molecule has 120 valence electrons. The molecule has 0 fully saturated rings. The highest BCUT2D eigenvalue weighted by atomic mass is 32.1. The Kier molecular flexibility index (Phi) is 4.63. The molecule has 1 atom stereocenters. The molecule has 2 aromatic rings. The van der Waals surface area contributed by atoms with Gasteiger partial charge in [0.2, 0.25) is 0 Å². The third-order valence-corrected chi connectivity index (χ3v) is 6.27. The number of rotatable bonds is 4. The fraction of sp³-hybridized carbons (Fsp3) is 0.429. The SMILES string of the molecule is c1ccc(CN2CCC3=C(CCCC3)C2Cc2cccs2)cc1. The normalized spacial score (nSPS) is 22.2. The lowest BCUT2D eigenvalue weighted by Crippen LogP contribution is -2.42. The van der Waals surface area contributed by atoms with Gasteiger partial charge in [0, 0.05) is 30.4 Å². The highest BCUT2D eigenvalue weighted by Gasteiger charge is 2.30. The van der Waals surface area contributed by atoms with Gasteiger partial charge in [0.05, 0.1) is 0 Å². The molecular formula is C21H25NS. The topological polar surface area (TPSA) is 3.24 Å². The molecule has 0 saturated carbocycles. The van der Waals surface area contributed by atoms with Crippen LogP contribution >= 0.6 is 11.3 Å². The van der Waals surface area contributed by atoms with Crippen LogP contribution in [0.5, 0.6) is 0 Å². The van der Waals surface area contributed by atoms with Crippen molar-refractivity contribution in [3.05, 3.63) is 69.4 Å². The van der Waals surface area contributed by atoms with Gasteiger partial charge in [0.25, 0.3) is 0 Å². The van der Waals surface area contributed by atoms with Crippen molar-refractivity contribution in [2.45, 2.75) is 51.1 Å². The van der Waals surface area contributed by atoms with Crippen LogP contribution in [-0.2, 0) is 13.0 Å². The maximum Gasteiger partial charge on any atom is 0.0362 e. The number of hydrogen-bond acceptors (Lipinski definition) is 2. The summed E-state index contributed by atoms with van der Waals surface area (Å²) in [5, 5.41) is 2.22. The average Bonchev–Trinajstić information content (AvgIpc) is 3.11. The Labute approximate surface area is 143 Å². The van der Waals surface area contributed by atoms with Gasteiger partial charge in [-0.25, -0.2) is 0 Å². The Hall–Kier alpha value is -1.38. The van der Waals surface area contributed by atoms with Crippen molar-refractivity contribution in [2.75, 3.05) is 6.54 Å². The van der Waals surface area contributed by atoms with Gasteiger partial charge in [-0.2, -0.15) is 0 Å². The van der Waals surface area contributed by atoms with E-state index in [-0.39, 0.29) is 0 Å². The highest BCUT2D eigenvalue weighted by molar-refractivity contribution is 7.09. The minimum atomic E-state index is 0.623. The molecule has 1 aromatic carbocycles. The average molecular weight is 324 g/mol. The molecule has 1 aliphatic carbocycles. The maximum atomic E-state index is 2.74. The Morgan fingerprint density at radius 2 is 1.83 bits per heavy atom. The van der Waals surface area contributed by atoms with Crippen molar-refractivity contribution >= 4 is 11.3 Å². The van der Waals surface area contributed by atoms with Gasteiger partial charge >= 0.3 is 0 Å². The lowest BCUT2D eigenvalue weighted by atomic mass is 9.81. The summed E-state index contributed by atoms with van der Waals surface area (Å²) in [5.74, 6) is 0. The summed E-state index contributed by atoms with van der Waals surface area (Å²) >= 11 is 1.92. The molecule has 2 aliphatic rings. The van der Waals surface area contributed by atoms with E-state index in [0.29, 0.717) is 6.04 Å². The first-order valence-electron chi connectivity index (χ1n) is 8.91. The van der Waals surface area contributed by atoms with Crippen LogP contribution in [0, 0.1) is 0 Å². The second kappa shape index (κ2) is 7.02. The highest BCUT2D eigenvalue weighted by Crippen LogP contribution is 2.37. The summed E-state index contributed by atoms with van der Waals surface area (Å²) in [6.45, 7) is 2.32. The number of thiophene rings is 1. The number of nitrogens with zero attached hydrogens (tertiary/aromatic N) is 1. The first-order chi connectivity index (χ1) is 11.4. The maximum absolute atomic E-state index is 2.74. The Morgan fingerprint density at radius 1 is 0.957 bits per heavy atom. The molecular weight excluding hydrogens is 298 g/mol. The molecule has 4 rings (SSSR count). The molecule has 0 bridgehead atoms. The fourth-order valence-electron chi connectivity index (χ4n) is 4.21. The van der Waals surface area contributed by atoms with Crippen LogP contribution in [0.2, 0.25) is 0 Å². The summed E-state index contributed by atoms with van der Waals surface area (Å²) < 4.78 is 0. The summed E-state index contributed by atoms with van der Waals surface area (Å²) in [7, 11) is 0. The summed E-state index contributed by atoms with van der Waals surface area (Å²) in [5.41, 5.74) is 5.03. The standard InChI is InChI=1S/C21H25NS/c1-2-7-17(8-3-1)16-22-13-12-18-9-4-5-11-20(18)21(22)15-19-10-6-14-23-19/h1-3,6-8,10,14,21H,4-5,9,11-13,15-16H2. The first-order valence-corrected chi connectivity index (χ1v) is 9.79. The van der Waals surface area contributed by atoms with Crippen molar-refractivity contribution in [3.8, 4) is 0 Å². The third kappa shape index (κ3) is 3.44. The van der Waals surface area contributed by atoms with Crippen LogP contribution in [0.25, 0.3) is 0 Å². The largest absolute Gasteiger partial charge is 0.292 e. The van der Waals surface area contributed by atoms with E-state index in [9.17, 15) is 0 Å². The Morgan fingerprint density at radius 3 is 2.65 bits per heavy atom. The van der Waals surface area contributed by atoms with E-state index in [0.717, 1.165) is 6.54 Å². The molecule has 1 unspecified atom stereocenters. The Bertz CT molecular complexity index is 656. The first kappa shape index (κ1) is 15.2. The lowest BCUT2D eigenvalue weighted by molar-refractivity contribution is 0.190. The van der Waals surface area contributed by atoms with Crippen molar-refractivity contribution in [3.63, 3.8) is 0 Å². The molecule has 1 nitrogen and oxygen atoms in total. The van der Waals surface area contributed by atoms with Crippen LogP contribution in [-0.4, -0.2) is 17.5 Å². The van der Waals surface area contributed by atoms with Gasteiger partial charge in [0.15, 0.2) is 0 Å². The van der Waals surface area contributed by atoms with E-state index in [1.54, 1.807) is 11.1 Å². The number of hydrogen-bond donors (Lipinski definition) is 0. The van der Waals surface area contributed by atoms with E-state index in [4.69, 9.17) is 0 Å². The van der Waals surface area contributed by atoms with Crippen LogP contribution in [0.1, 0.15) is 42.5 Å². The minimum Gasteiger partial charge on any atom is -0.292 e. The zero-order valence-electron chi connectivity index (χ0n) is 13.7. The van der Waals surface area contributed by atoms with Crippen molar-refractivity contribution < 1.29 is 0 Å². The molecule has 1 aromatic heterocycles. The zero-order chi connectivity index (χ0) is 15.5. The molecule has 2 heterocycles. The smallest absolute Gasteiger partial charge is 0.0362 e. The number of benzene rings is 1. The quantitative estimate of drug-likeness (QED) is 0.678. The van der Waals surface area contributed by atoms with E-state index >= 15 is 0 Å². The third-order valence-electron chi connectivity index (χ3n) is 5.38. The van der Waals surface area contributed by atoms with Gasteiger partial charge in [-0.3, -0.25) is 4.90 Å². The lowest BCUT2D eigenvalue weighted by Gasteiger charge is -2.41. The van der Waals surface area contributed by atoms with Crippen molar-refractivity contribution in [2.24, 2.45) is 0 Å². The zero-order valence-corrected chi connectivity index (χ0v) is 14.5. The van der Waals surface area contributed by atoms with E-state index in [1.165, 1.54) is 55.5 Å². The van der Waals surface area contributed by atoms with Crippen LogP contribution in [0.15, 0.2) is 59.0 Å². The van der Waals surface area contributed by atoms with Crippen LogP contribution in [0.3, 0.4) is 0 Å². The van der Waals surface area contributed by atoms with Crippen molar-refractivity contribution in [1.29, 1.82) is 0 Å². The molecule has 0 N–H and O–H groups in total. The van der Waals surface area contributed by atoms with Gasteiger partial charge in [-0.15, -0.1) is 11.3 Å². The molecule has 0 amide bonds. The van der Waals surface area contributed by atoms with E-state index in [1.807, 2.05) is 11.3 Å². The molecule has 23 heavy (non-hydrogen) atoms. The van der Waals surface area contributed by atoms with E-state index < -0.39 is 0 Å². The molecule has 2 heteroatoms. The van der Waals surface area contributed by atoms with Gasteiger partial charge in [-0.1, -0.05) is 47.5 Å². The second-order valence-electron chi connectivity index (χ2n) is 6.84. The van der Waals surface area contributed by atoms with Crippen LogP contribution < -0.4 is 0 Å². The summed E-state index contributed by atoms with van der Waals surface area (Å²) in [4.78, 5) is 4.27. The van der Waals surface area contributed by atoms with Gasteiger partial charge < -0.3 is 0 Å². The summed E-state index contributed by atoms with van der Waals surface area (Å²) in [6.07, 6.45) is 7.97. The predicted molar refractivity (Wildman–Crippen MR) is 98.8 cm³/mol. The minimum absolute atomic E-state index is 0.623. The van der Waals surface area contributed by atoms with E-state index in [2.05, 4.69) is 52.7 Å².